The average Bonchev–Trinajstić information content (AvgIpc) is 3.19. The number of halogens is 1. The van der Waals surface area contributed by atoms with E-state index in [1.807, 2.05) is 37.3 Å². The Morgan fingerprint density at radius 1 is 1.03 bits per heavy atom. The van der Waals surface area contributed by atoms with Crippen LogP contribution in [0.1, 0.15) is 30.0 Å². The van der Waals surface area contributed by atoms with Crippen molar-refractivity contribution in [1.82, 2.24) is 0 Å². The monoisotopic (exact) mass is 452 g/mol. The van der Waals surface area contributed by atoms with Gasteiger partial charge in [0.2, 0.25) is 9.84 Å². The highest BCUT2D eigenvalue weighted by molar-refractivity contribution is 7.95. The van der Waals surface area contributed by atoms with Crippen LogP contribution in [0.4, 0.5) is 4.39 Å². The van der Waals surface area contributed by atoms with Crippen molar-refractivity contribution in [3.63, 3.8) is 0 Å². The number of benzene rings is 3. The molecule has 0 saturated carbocycles. The van der Waals surface area contributed by atoms with Crippen LogP contribution in [-0.4, -0.2) is 19.5 Å². The summed E-state index contributed by atoms with van der Waals surface area (Å²) in [6, 6.07) is 20.6. The lowest BCUT2D eigenvalue weighted by molar-refractivity contribution is 0.0777. The summed E-state index contributed by atoms with van der Waals surface area (Å²) in [6.45, 7) is 1.83. The van der Waals surface area contributed by atoms with Crippen molar-refractivity contribution in [2.45, 2.75) is 23.8 Å². The molecule has 0 bridgehead atoms. The van der Waals surface area contributed by atoms with Crippen molar-refractivity contribution in [2.24, 2.45) is 10.9 Å². The molecular weight excluding hydrogens is 431 g/mol. The van der Waals surface area contributed by atoms with Gasteiger partial charge in [-0.05, 0) is 36.8 Å². The first-order valence-corrected chi connectivity index (χ1v) is 11.3. The van der Waals surface area contributed by atoms with E-state index in [1.165, 1.54) is 12.1 Å². The Kier molecular flexibility index (Phi) is 5.48. The van der Waals surface area contributed by atoms with Gasteiger partial charge in [0, 0.05) is 17.5 Å². The third-order valence-electron chi connectivity index (χ3n) is 5.46. The Hall–Kier alpha value is -3.65. The molecule has 0 spiro atoms. The van der Waals surface area contributed by atoms with Gasteiger partial charge in [-0.25, -0.2) is 12.8 Å². The average molecular weight is 453 g/mol. The van der Waals surface area contributed by atoms with Crippen LogP contribution in [0.25, 0.3) is 5.76 Å². The molecule has 8 heteroatoms. The van der Waals surface area contributed by atoms with Gasteiger partial charge in [0.25, 0.3) is 0 Å². The summed E-state index contributed by atoms with van der Waals surface area (Å²) >= 11 is 0. The first kappa shape index (κ1) is 21.6. The minimum atomic E-state index is -3.96. The quantitative estimate of drug-likeness (QED) is 0.196. The molecule has 1 unspecified atom stereocenters. The zero-order valence-corrected chi connectivity index (χ0v) is 18.0. The SMILES string of the molecule is CC1(c2ccccc2)CC(S(=O)(=O)c2ccc(F)cc2)=C(c2ccc(C(N)=NO)cc2)O1. The highest BCUT2D eigenvalue weighted by Gasteiger charge is 2.44. The van der Waals surface area contributed by atoms with Gasteiger partial charge in [-0.1, -0.05) is 59.8 Å². The van der Waals surface area contributed by atoms with E-state index in [2.05, 4.69) is 5.16 Å². The molecule has 164 valence electrons. The van der Waals surface area contributed by atoms with E-state index >= 15 is 0 Å². The molecule has 0 aromatic heterocycles. The lowest BCUT2D eigenvalue weighted by Crippen LogP contribution is -2.21. The van der Waals surface area contributed by atoms with Crippen LogP contribution in [0.5, 0.6) is 0 Å². The fourth-order valence-electron chi connectivity index (χ4n) is 3.70. The van der Waals surface area contributed by atoms with E-state index in [4.69, 9.17) is 15.7 Å². The molecule has 0 saturated heterocycles. The van der Waals surface area contributed by atoms with Crippen LogP contribution in [0.15, 0.2) is 93.8 Å². The normalized spacial score (nSPS) is 19.1. The van der Waals surface area contributed by atoms with Gasteiger partial charge < -0.3 is 15.7 Å². The molecule has 3 aromatic carbocycles. The Morgan fingerprint density at radius 3 is 2.25 bits per heavy atom. The van der Waals surface area contributed by atoms with Gasteiger partial charge in [-0.2, -0.15) is 0 Å². The maximum Gasteiger partial charge on any atom is 0.206 e. The van der Waals surface area contributed by atoms with Gasteiger partial charge >= 0.3 is 0 Å². The molecule has 3 aromatic rings. The molecule has 0 amide bonds. The zero-order chi connectivity index (χ0) is 22.9. The van der Waals surface area contributed by atoms with Gasteiger partial charge in [0.05, 0.1) is 9.80 Å². The van der Waals surface area contributed by atoms with E-state index in [1.54, 1.807) is 24.3 Å². The topological polar surface area (TPSA) is 102 Å². The van der Waals surface area contributed by atoms with E-state index in [0.717, 1.165) is 17.7 Å². The molecular formula is C24H21FN2O4S. The number of rotatable bonds is 5. The highest BCUT2D eigenvalue weighted by Crippen LogP contribution is 2.48. The van der Waals surface area contributed by atoms with Crippen molar-refractivity contribution in [3.8, 4) is 0 Å². The summed E-state index contributed by atoms with van der Waals surface area (Å²) in [5, 5.41) is 11.9. The molecule has 3 N–H and O–H groups in total. The number of ether oxygens (including phenoxy) is 1. The summed E-state index contributed by atoms with van der Waals surface area (Å²) in [5.74, 6) is -0.369. The maximum absolute atomic E-state index is 13.5. The van der Waals surface area contributed by atoms with Crippen LogP contribution in [-0.2, 0) is 20.2 Å². The predicted molar refractivity (Wildman–Crippen MR) is 119 cm³/mol. The molecule has 1 aliphatic rings. The summed E-state index contributed by atoms with van der Waals surface area (Å²) in [6.07, 6.45) is 0.105. The van der Waals surface area contributed by atoms with Crippen LogP contribution in [0.2, 0.25) is 0 Å². The maximum atomic E-state index is 13.5. The summed E-state index contributed by atoms with van der Waals surface area (Å²) < 4.78 is 46.8. The number of hydrogen-bond acceptors (Lipinski definition) is 5. The van der Waals surface area contributed by atoms with Gasteiger partial charge in [-0.3, -0.25) is 0 Å². The van der Waals surface area contributed by atoms with Gasteiger partial charge in [0.15, 0.2) is 5.84 Å². The number of oxime groups is 1. The molecule has 1 heterocycles. The number of amidine groups is 1. The van der Waals surface area contributed by atoms with Crippen molar-refractivity contribution >= 4 is 21.4 Å². The minimum Gasteiger partial charge on any atom is -0.481 e. The molecule has 32 heavy (non-hydrogen) atoms. The second kappa shape index (κ2) is 8.12. The molecule has 4 rings (SSSR count). The fraction of sp³-hybridized carbons (Fsp3) is 0.125. The fourth-order valence-corrected chi connectivity index (χ4v) is 5.35. The third-order valence-corrected chi connectivity index (χ3v) is 7.33. The first-order chi connectivity index (χ1) is 15.2. The Balaban J connectivity index is 1.85. The van der Waals surface area contributed by atoms with E-state index < -0.39 is 21.3 Å². The Bertz CT molecular complexity index is 1300. The second-order valence-corrected chi connectivity index (χ2v) is 9.62. The molecule has 1 aliphatic heterocycles. The molecule has 6 nitrogen and oxygen atoms in total. The number of sulfone groups is 1. The predicted octanol–water partition coefficient (Wildman–Crippen LogP) is 4.40. The van der Waals surface area contributed by atoms with Crippen LogP contribution >= 0.6 is 0 Å². The molecule has 0 radical (unpaired) electrons. The lowest BCUT2D eigenvalue weighted by Gasteiger charge is -2.26. The van der Waals surface area contributed by atoms with Gasteiger partial charge in [-0.15, -0.1) is 0 Å². The van der Waals surface area contributed by atoms with Crippen LogP contribution in [0, 0.1) is 5.82 Å². The minimum absolute atomic E-state index is 0.0133. The number of nitrogens with two attached hydrogens (primary N) is 1. The smallest absolute Gasteiger partial charge is 0.206 e. The van der Waals surface area contributed by atoms with Crippen LogP contribution in [0.3, 0.4) is 0 Å². The Morgan fingerprint density at radius 2 is 1.66 bits per heavy atom. The second-order valence-electron chi connectivity index (χ2n) is 7.65. The molecule has 1 atom stereocenters. The number of hydrogen-bond donors (Lipinski definition) is 2. The van der Waals surface area contributed by atoms with Crippen molar-refractivity contribution < 1.29 is 22.8 Å². The van der Waals surface area contributed by atoms with E-state index in [-0.39, 0.29) is 27.8 Å². The largest absolute Gasteiger partial charge is 0.481 e. The van der Waals surface area contributed by atoms with Gasteiger partial charge in [0.1, 0.15) is 17.2 Å². The van der Waals surface area contributed by atoms with Crippen LogP contribution < -0.4 is 5.73 Å². The Labute approximate surface area is 185 Å². The first-order valence-electron chi connectivity index (χ1n) is 9.81. The number of nitrogens with zero attached hydrogens (tertiary/aromatic N) is 1. The highest BCUT2D eigenvalue weighted by atomic mass is 32.2. The van der Waals surface area contributed by atoms with Crippen molar-refractivity contribution in [1.29, 1.82) is 0 Å². The van der Waals surface area contributed by atoms with Crippen molar-refractivity contribution in [2.75, 3.05) is 0 Å². The standard InChI is InChI=1S/C24H21FN2O4S/c1-24(18-5-3-2-4-6-18)15-21(32(29,30)20-13-11-19(25)12-14-20)22(31-24)16-7-9-17(10-8-16)23(26)27-28/h2-14,28H,15H2,1H3,(H2,26,27). The summed E-state index contributed by atoms with van der Waals surface area (Å²) in [4.78, 5) is 0.0904. The van der Waals surface area contributed by atoms with E-state index in [9.17, 15) is 12.8 Å². The summed E-state index contributed by atoms with van der Waals surface area (Å²) in [5.41, 5.74) is 6.55. The van der Waals surface area contributed by atoms with Crippen molar-refractivity contribution in [3.05, 3.63) is 106 Å². The van der Waals surface area contributed by atoms with E-state index in [0.29, 0.717) is 11.1 Å². The molecule has 0 fully saturated rings. The third kappa shape index (κ3) is 3.85. The molecule has 0 aliphatic carbocycles. The zero-order valence-electron chi connectivity index (χ0n) is 17.2. The lowest BCUT2D eigenvalue weighted by atomic mass is 9.93. The summed E-state index contributed by atoms with van der Waals surface area (Å²) in [7, 11) is -3.96.